The third-order valence-corrected chi connectivity index (χ3v) is 5.02. The molecule has 5 heteroatoms. The van der Waals surface area contributed by atoms with Crippen LogP contribution < -0.4 is 0 Å². The molecule has 0 saturated carbocycles. The van der Waals surface area contributed by atoms with Crippen LogP contribution in [0, 0.1) is 3.57 Å². The van der Waals surface area contributed by atoms with Crippen molar-refractivity contribution < 1.29 is 9.90 Å². The number of rotatable bonds is 3. The number of carbonyl (C=O) groups excluding carboxylic acids is 1. The summed E-state index contributed by atoms with van der Waals surface area (Å²) in [4.78, 5) is 13.9. The van der Waals surface area contributed by atoms with Crippen LogP contribution in [0.2, 0.25) is 0 Å². The van der Waals surface area contributed by atoms with Crippen LogP contribution in [0.3, 0.4) is 0 Å². The molecule has 0 fully saturated rings. The van der Waals surface area contributed by atoms with E-state index in [0.29, 0.717) is 10.9 Å². The van der Waals surface area contributed by atoms with E-state index in [2.05, 4.69) is 15.9 Å². The molecule has 0 bridgehead atoms. The number of amides is 1. The number of hydrogen-bond donors (Lipinski definition) is 1. The lowest BCUT2D eigenvalue weighted by Crippen LogP contribution is -2.46. The summed E-state index contributed by atoms with van der Waals surface area (Å²) in [5.41, 5.74) is 0.231. The Kier molecular flexibility index (Phi) is 4.83. The van der Waals surface area contributed by atoms with E-state index in [9.17, 15) is 9.90 Å². The Labute approximate surface area is 123 Å². The van der Waals surface area contributed by atoms with E-state index in [-0.39, 0.29) is 17.2 Å². The fourth-order valence-electron chi connectivity index (χ4n) is 1.20. The van der Waals surface area contributed by atoms with Gasteiger partial charge in [0, 0.05) is 23.5 Å². The predicted molar refractivity (Wildman–Crippen MR) is 80.8 cm³/mol. The van der Waals surface area contributed by atoms with Gasteiger partial charge in [-0.1, -0.05) is 15.9 Å². The number of halogens is 2. The molecule has 0 aliphatic rings. The van der Waals surface area contributed by atoms with E-state index in [1.54, 1.807) is 24.1 Å². The summed E-state index contributed by atoms with van der Waals surface area (Å²) in [6, 6.07) is 4.97. The minimum atomic E-state index is -0.268. The van der Waals surface area contributed by atoms with Gasteiger partial charge in [-0.05, 0) is 54.6 Å². The highest BCUT2D eigenvalue weighted by atomic mass is 127. The molecule has 1 amide bonds. The molecule has 0 heterocycles. The number of nitrogens with zero attached hydrogens (tertiary/aromatic N) is 1. The van der Waals surface area contributed by atoms with Crippen molar-refractivity contribution in [3.63, 3.8) is 0 Å². The van der Waals surface area contributed by atoms with Crippen molar-refractivity contribution in [2.45, 2.75) is 19.4 Å². The number of hydrogen-bond acceptors (Lipinski definition) is 2. The number of phenolic OH excluding ortho intramolecular Hbond substituents is 1. The highest BCUT2D eigenvalue weighted by Gasteiger charge is 2.27. The second kappa shape index (κ2) is 5.56. The summed E-state index contributed by atoms with van der Waals surface area (Å²) < 4.78 is 0.738. The van der Waals surface area contributed by atoms with Gasteiger partial charge in [0.2, 0.25) is 0 Å². The van der Waals surface area contributed by atoms with Crippen LogP contribution in [0.1, 0.15) is 24.2 Å². The van der Waals surface area contributed by atoms with Crippen LogP contribution in [0.5, 0.6) is 5.75 Å². The van der Waals surface area contributed by atoms with Gasteiger partial charge >= 0.3 is 0 Å². The minimum Gasteiger partial charge on any atom is -0.507 e. The molecule has 1 aromatic rings. The van der Waals surface area contributed by atoms with E-state index < -0.39 is 0 Å². The van der Waals surface area contributed by atoms with Gasteiger partial charge in [-0.2, -0.15) is 0 Å². The van der Waals surface area contributed by atoms with Crippen LogP contribution in [0.25, 0.3) is 0 Å². The third kappa shape index (κ3) is 3.34. The summed E-state index contributed by atoms with van der Waals surface area (Å²) in [5, 5.41) is 10.3. The number of benzene rings is 1. The van der Waals surface area contributed by atoms with Crippen molar-refractivity contribution in [3.8, 4) is 5.75 Å². The second-order valence-electron chi connectivity index (χ2n) is 4.48. The van der Waals surface area contributed by atoms with Crippen LogP contribution in [-0.4, -0.2) is 33.8 Å². The standard InChI is InChI=1S/C12H15BrINO2/c1-12(2,7-13)15(3)11(17)8-4-5-9(14)10(16)6-8/h4-6,16H,7H2,1-3H3. The van der Waals surface area contributed by atoms with Gasteiger partial charge < -0.3 is 10.0 Å². The third-order valence-electron chi connectivity index (χ3n) is 2.73. The van der Waals surface area contributed by atoms with E-state index >= 15 is 0 Å². The Morgan fingerprint density at radius 1 is 1.53 bits per heavy atom. The summed E-state index contributed by atoms with van der Waals surface area (Å²) in [5.74, 6) is 0.0441. The second-order valence-corrected chi connectivity index (χ2v) is 6.20. The van der Waals surface area contributed by atoms with Gasteiger partial charge in [0.15, 0.2) is 0 Å². The summed E-state index contributed by atoms with van der Waals surface area (Å²) >= 11 is 5.42. The molecule has 0 spiro atoms. The minimum absolute atomic E-state index is 0.0962. The maximum Gasteiger partial charge on any atom is 0.254 e. The SMILES string of the molecule is CN(C(=O)c1ccc(I)c(O)c1)C(C)(C)CBr. The maximum atomic E-state index is 12.2. The van der Waals surface area contributed by atoms with Gasteiger partial charge in [0.05, 0.1) is 3.57 Å². The van der Waals surface area contributed by atoms with Crippen LogP contribution in [0.4, 0.5) is 0 Å². The number of aromatic hydroxyl groups is 1. The normalized spacial score (nSPS) is 11.4. The first-order valence-electron chi connectivity index (χ1n) is 5.12. The van der Waals surface area contributed by atoms with E-state index in [4.69, 9.17) is 0 Å². The van der Waals surface area contributed by atoms with Crippen molar-refractivity contribution in [3.05, 3.63) is 27.3 Å². The van der Waals surface area contributed by atoms with Crippen LogP contribution >= 0.6 is 38.5 Å². The van der Waals surface area contributed by atoms with E-state index in [0.717, 1.165) is 3.57 Å². The van der Waals surface area contributed by atoms with E-state index in [1.807, 2.05) is 36.4 Å². The highest BCUT2D eigenvalue weighted by Crippen LogP contribution is 2.23. The molecule has 94 valence electrons. The van der Waals surface area contributed by atoms with Crippen molar-refractivity contribution in [1.29, 1.82) is 0 Å². The number of carbonyl (C=O) groups is 1. The Balaban J connectivity index is 3.01. The molecule has 0 radical (unpaired) electrons. The predicted octanol–water partition coefficient (Wildman–Crippen LogP) is 3.24. The molecule has 1 aromatic carbocycles. The lowest BCUT2D eigenvalue weighted by atomic mass is 10.0. The molecule has 0 atom stereocenters. The number of alkyl halides is 1. The lowest BCUT2D eigenvalue weighted by molar-refractivity contribution is 0.0663. The lowest BCUT2D eigenvalue weighted by Gasteiger charge is -2.34. The molecule has 3 nitrogen and oxygen atoms in total. The Morgan fingerprint density at radius 3 is 2.59 bits per heavy atom. The van der Waals surface area contributed by atoms with Crippen molar-refractivity contribution in [1.82, 2.24) is 4.90 Å². The zero-order chi connectivity index (χ0) is 13.2. The fourth-order valence-corrected chi connectivity index (χ4v) is 1.92. The van der Waals surface area contributed by atoms with Crippen LogP contribution in [0.15, 0.2) is 18.2 Å². The fraction of sp³-hybridized carbons (Fsp3) is 0.417. The molecule has 0 aliphatic carbocycles. The largest absolute Gasteiger partial charge is 0.507 e. The molecule has 0 saturated heterocycles. The highest BCUT2D eigenvalue weighted by molar-refractivity contribution is 14.1. The molecular formula is C12H15BrINO2. The molecule has 17 heavy (non-hydrogen) atoms. The van der Waals surface area contributed by atoms with Gasteiger partial charge in [-0.3, -0.25) is 4.79 Å². The molecular weight excluding hydrogens is 397 g/mol. The Hall–Kier alpha value is -0.300. The zero-order valence-corrected chi connectivity index (χ0v) is 13.7. The summed E-state index contributed by atoms with van der Waals surface area (Å²) in [6.07, 6.45) is 0. The molecule has 0 aromatic heterocycles. The Bertz CT molecular complexity index is 435. The topological polar surface area (TPSA) is 40.5 Å². The smallest absolute Gasteiger partial charge is 0.254 e. The maximum absolute atomic E-state index is 12.2. The first-order chi connectivity index (χ1) is 7.79. The van der Waals surface area contributed by atoms with Gasteiger partial charge in [0.25, 0.3) is 5.91 Å². The quantitative estimate of drug-likeness (QED) is 0.612. The van der Waals surface area contributed by atoms with Gasteiger partial charge in [0.1, 0.15) is 5.75 Å². The number of phenols is 1. The van der Waals surface area contributed by atoms with Gasteiger partial charge in [-0.25, -0.2) is 0 Å². The van der Waals surface area contributed by atoms with Crippen molar-refractivity contribution in [2.24, 2.45) is 0 Å². The average molecular weight is 412 g/mol. The summed E-state index contributed by atoms with van der Waals surface area (Å²) in [6.45, 7) is 3.96. The Morgan fingerprint density at radius 2 is 2.12 bits per heavy atom. The zero-order valence-electron chi connectivity index (χ0n) is 10.00. The molecule has 1 rings (SSSR count). The molecule has 0 aliphatic heterocycles. The summed E-state index contributed by atoms with van der Waals surface area (Å²) in [7, 11) is 1.76. The first kappa shape index (κ1) is 14.8. The van der Waals surface area contributed by atoms with Crippen LogP contribution in [-0.2, 0) is 0 Å². The molecule has 0 unspecified atom stereocenters. The monoisotopic (exact) mass is 411 g/mol. The van der Waals surface area contributed by atoms with Crippen molar-refractivity contribution >= 4 is 44.4 Å². The van der Waals surface area contributed by atoms with Crippen molar-refractivity contribution in [2.75, 3.05) is 12.4 Å². The first-order valence-corrected chi connectivity index (χ1v) is 7.32. The van der Waals surface area contributed by atoms with E-state index in [1.165, 1.54) is 6.07 Å². The molecule has 1 N–H and O–H groups in total. The average Bonchev–Trinajstić information content (AvgIpc) is 2.30. The van der Waals surface area contributed by atoms with Gasteiger partial charge in [-0.15, -0.1) is 0 Å².